The van der Waals surface area contributed by atoms with Crippen LogP contribution in [0.2, 0.25) is 5.02 Å². The van der Waals surface area contributed by atoms with Gasteiger partial charge in [-0.1, -0.05) is 11.6 Å². The highest BCUT2D eigenvalue weighted by Gasteiger charge is 2.16. The minimum absolute atomic E-state index is 0.0794. The van der Waals surface area contributed by atoms with Crippen LogP contribution in [0.4, 0.5) is 4.39 Å². The molecule has 1 aromatic rings. The molecule has 0 amide bonds. The van der Waals surface area contributed by atoms with Crippen molar-refractivity contribution in [2.45, 2.75) is 6.29 Å². The summed E-state index contributed by atoms with van der Waals surface area (Å²) in [6.45, 7) is 1.40. The van der Waals surface area contributed by atoms with Crippen LogP contribution in [0.25, 0.3) is 0 Å². The van der Waals surface area contributed by atoms with Crippen molar-refractivity contribution in [2.75, 3.05) is 19.8 Å². The molecule has 1 aliphatic heterocycles. The zero-order chi connectivity index (χ0) is 10.7. The van der Waals surface area contributed by atoms with Gasteiger partial charge in [0.25, 0.3) is 0 Å². The van der Waals surface area contributed by atoms with E-state index >= 15 is 0 Å². The van der Waals surface area contributed by atoms with Crippen LogP contribution in [0.15, 0.2) is 18.2 Å². The second-order valence-corrected chi connectivity index (χ2v) is 3.47. The summed E-state index contributed by atoms with van der Waals surface area (Å²) in [6.07, 6.45) is -0.358. The van der Waals surface area contributed by atoms with Gasteiger partial charge in [0, 0.05) is 6.07 Å². The quantitative estimate of drug-likeness (QED) is 0.800. The summed E-state index contributed by atoms with van der Waals surface area (Å²) in [6, 6.07) is 4.28. The van der Waals surface area contributed by atoms with Crippen LogP contribution in [0, 0.1) is 5.82 Å². The average Bonchev–Trinajstić information content (AvgIpc) is 2.73. The first kappa shape index (κ1) is 10.7. The van der Waals surface area contributed by atoms with E-state index in [1.807, 2.05) is 0 Å². The third-order valence-corrected chi connectivity index (χ3v) is 2.27. The second-order valence-electron chi connectivity index (χ2n) is 3.06. The molecular weight excluding hydrogens is 223 g/mol. The minimum Gasteiger partial charge on any atom is -0.488 e. The number of ether oxygens (including phenoxy) is 3. The molecule has 0 spiro atoms. The summed E-state index contributed by atoms with van der Waals surface area (Å²) in [7, 11) is 0. The van der Waals surface area contributed by atoms with E-state index in [0.29, 0.717) is 19.0 Å². The lowest BCUT2D eigenvalue weighted by Crippen LogP contribution is -2.18. The molecule has 82 valence electrons. The van der Waals surface area contributed by atoms with Crippen molar-refractivity contribution in [1.82, 2.24) is 0 Å². The van der Waals surface area contributed by atoms with Gasteiger partial charge in [-0.05, 0) is 12.1 Å². The third kappa shape index (κ3) is 2.81. The highest BCUT2D eigenvalue weighted by atomic mass is 35.5. The maximum atomic E-state index is 13.0. The molecule has 0 radical (unpaired) electrons. The molecule has 1 saturated heterocycles. The largest absolute Gasteiger partial charge is 0.488 e. The molecule has 3 nitrogen and oxygen atoms in total. The van der Waals surface area contributed by atoms with Crippen molar-refractivity contribution in [3.8, 4) is 5.75 Å². The summed E-state index contributed by atoms with van der Waals surface area (Å²) in [5, 5.41) is 0.0794. The predicted molar refractivity (Wildman–Crippen MR) is 52.6 cm³/mol. The van der Waals surface area contributed by atoms with Crippen molar-refractivity contribution in [2.24, 2.45) is 0 Å². The molecule has 0 saturated carbocycles. The molecule has 1 aliphatic rings. The van der Waals surface area contributed by atoms with Gasteiger partial charge >= 0.3 is 0 Å². The van der Waals surface area contributed by atoms with Crippen molar-refractivity contribution < 1.29 is 18.6 Å². The Hall–Kier alpha value is -0.840. The molecule has 1 aromatic carbocycles. The lowest BCUT2D eigenvalue weighted by molar-refractivity contribution is -0.0684. The van der Waals surface area contributed by atoms with Crippen LogP contribution in [0.3, 0.4) is 0 Å². The number of hydrogen-bond donors (Lipinski definition) is 0. The third-order valence-electron chi connectivity index (χ3n) is 1.97. The molecule has 2 rings (SSSR count). The molecule has 5 heteroatoms. The first-order chi connectivity index (χ1) is 7.25. The molecule has 1 fully saturated rings. The summed E-state index contributed by atoms with van der Waals surface area (Å²) in [5.74, 6) is -0.0848. The zero-order valence-corrected chi connectivity index (χ0v) is 8.67. The van der Waals surface area contributed by atoms with E-state index in [2.05, 4.69) is 0 Å². The van der Waals surface area contributed by atoms with Crippen LogP contribution in [0.1, 0.15) is 0 Å². The van der Waals surface area contributed by atoms with Crippen LogP contribution >= 0.6 is 11.6 Å². The summed E-state index contributed by atoms with van der Waals surface area (Å²) >= 11 is 5.53. The Morgan fingerprint density at radius 2 is 2.13 bits per heavy atom. The van der Waals surface area contributed by atoms with Crippen LogP contribution in [-0.4, -0.2) is 26.1 Å². The molecule has 0 unspecified atom stereocenters. The van der Waals surface area contributed by atoms with Crippen LogP contribution in [-0.2, 0) is 9.47 Å². The van der Waals surface area contributed by atoms with Crippen molar-refractivity contribution in [3.63, 3.8) is 0 Å². The van der Waals surface area contributed by atoms with E-state index in [9.17, 15) is 4.39 Å². The highest BCUT2D eigenvalue weighted by molar-refractivity contribution is 6.30. The lowest BCUT2D eigenvalue weighted by atomic mass is 10.3. The van der Waals surface area contributed by atoms with E-state index in [0.717, 1.165) is 0 Å². The molecule has 15 heavy (non-hydrogen) atoms. The van der Waals surface area contributed by atoms with Gasteiger partial charge < -0.3 is 14.2 Å². The SMILES string of the molecule is Fc1cc(OCC2OCCO2)ccc1Cl. The van der Waals surface area contributed by atoms with Crippen molar-refractivity contribution >= 4 is 11.6 Å². The molecule has 0 aromatic heterocycles. The number of benzene rings is 1. The fourth-order valence-electron chi connectivity index (χ4n) is 1.23. The number of hydrogen-bond acceptors (Lipinski definition) is 3. The summed E-state index contributed by atoms with van der Waals surface area (Å²) in [5.41, 5.74) is 0. The van der Waals surface area contributed by atoms with Crippen LogP contribution in [0.5, 0.6) is 5.75 Å². The Morgan fingerprint density at radius 1 is 1.40 bits per heavy atom. The van der Waals surface area contributed by atoms with Crippen molar-refractivity contribution in [1.29, 1.82) is 0 Å². The van der Waals surface area contributed by atoms with E-state index in [4.69, 9.17) is 25.8 Å². The van der Waals surface area contributed by atoms with Gasteiger partial charge in [-0.3, -0.25) is 0 Å². The first-order valence-corrected chi connectivity index (χ1v) is 4.94. The van der Waals surface area contributed by atoms with Crippen LogP contribution < -0.4 is 4.74 Å². The zero-order valence-electron chi connectivity index (χ0n) is 7.91. The Labute approximate surface area is 91.7 Å². The van der Waals surface area contributed by atoms with Gasteiger partial charge in [0.15, 0.2) is 6.29 Å². The van der Waals surface area contributed by atoms with Gasteiger partial charge in [-0.25, -0.2) is 4.39 Å². The average molecular weight is 233 g/mol. The topological polar surface area (TPSA) is 27.7 Å². The fraction of sp³-hybridized carbons (Fsp3) is 0.400. The maximum Gasteiger partial charge on any atom is 0.191 e. The van der Waals surface area contributed by atoms with E-state index in [1.165, 1.54) is 12.1 Å². The maximum absolute atomic E-state index is 13.0. The van der Waals surface area contributed by atoms with Gasteiger partial charge in [-0.15, -0.1) is 0 Å². The van der Waals surface area contributed by atoms with Gasteiger partial charge in [-0.2, -0.15) is 0 Å². The predicted octanol–water partition coefficient (Wildman–Crippen LogP) is 2.23. The molecular formula is C10H10ClFO3. The smallest absolute Gasteiger partial charge is 0.191 e. The fourth-order valence-corrected chi connectivity index (χ4v) is 1.35. The van der Waals surface area contributed by atoms with Crippen molar-refractivity contribution in [3.05, 3.63) is 29.0 Å². The van der Waals surface area contributed by atoms with E-state index in [1.54, 1.807) is 6.07 Å². The van der Waals surface area contributed by atoms with E-state index in [-0.39, 0.29) is 17.9 Å². The Morgan fingerprint density at radius 3 is 2.80 bits per heavy atom. The Balaban J connectivity index is 1.90. The molecule has 0 aliphatic carbocycles. The van der Waals surface area contributed by atoms with Gasteiger partial charge in [0.05, 0.1) is 18.2 Å². The lowest BCUT2D eigenvalue weighted by Gasteiger charge is -2.11. The van der Waals surface area contributed by atoms with E-state index < -0.39 is 5.82 Å². The first-order valence-electron chi connectivity index (χ1n) is 4.57. The summed E-state index contributed by atoms with van der Waals surface area (Å²) in [4.78, 5) is 0. The summed E-state index contributed by atoms with van der Waals surface area (Å²) < 4.78 is 28.6. The Bertz CT molecular complexity index is 339. The van der Waals surface area contributed by atoms with Gasteiger partial charge in [0.1, 0.15) is 18.2 Å². The highest BCUT2D eigenvalue weighted by Crippen LogP contribution is 2.20. The standard InChI is InChI=1S/C10H10ClFO3/c11-8-2-1-7(5-9(8)12)15-6-10-13-3-4-14-10/h1-2,5,10H,3-4,6H2. The van der Waals surface area contributed by atoms with Gasteiger partial charge in [0.2, 0.25) is 0 Å². The normalized spacial score (nSPS) is 16.9. The Kier molecular flexibility index (Phi) is 3.41. The molecule has 0 N–H and O–H groups in total. The molecule has 0 bridgehead atoms. The number of rotatable bonds is 3. The molecule has 0 atom stereocenters. The number of halogens is 2. The monoisotopic (exact) mass is 232 g/mol. The second kappa shape index (κ2) is 4.79. The molecule has 1 heterocycles. The minimum atomic E-state index is -0.498.